The first kappa shape index (κ1) is 16.7. The summed E-state index contributed by atoms with van der Waals surface area (Å²) in [5.41, 5.74) is 1.15. The van der Waals surface area contributed by atoms with Gasteiger partial charge in [0.15, 0.2) is 0 Å². The number of hydrogen-bond donors (Lipinski definition) is 3. The quantitative estimate of drug-likeness (QED) is 0.751. The lowest BCUT2D eigenvalue weighted by atomic mass is 10.1. The number of nitrogens with zero attached hydrogens (tertiary/aromatic N) is 1. The Morgan fingerprint density at radius 2 is 1.86 bits per heavy atom. The summed E-state index contributed by atoms with van der Waals surface area (Å²) in [5.74, 6) is -1.76. The average molecular weight is 295 g/mol. The molecule has 0 bridgehead atoms. The molecule has 0 aromatic carbocycles. The van der Waals surface area contributed by atoms with Crippen molar-refractivity contribution < 1.29 is 19.5 Å². The number of amides is 2. The van der Waals surface area contributed by atoms with E-state index in [0.717, 1.165) is 0 Å². The predicted molar refractivity (Wildman–Crippen MR) is 77.5 cm³/mol. The van der Waals surface area contributed by atoms with E-state index in [1.54, 1.807) is 13.8 Å². The highest BCUT2D eigenvalue weighted by molar-refractivity contribution is 6.01. The molecule has 0 aliphatic rings. The Labute approximate surface area is 123 Å². The first-order valence-corrected chi connectivity index (χ1v) is 6.62. The van der Waals surface area contributed by atoms with Gasteiger partial charge < -0.3 is 20.3 Å². The van der Waals surface area contributed by atoms with Gasteiger partial charge in [-0.15, -0.1) is 0 Å². The van der Waals surface area contributed by atoms with Crippen molar-refractivity contribution in [3.8, 4) is 0 Å². The van der Waals surface area contributed by atoms with Gasteiger partial charge in [-0.25, -0.2) is 4.79 Å². The Hall–Kier alpha value is -2.31. The van der Waals surface area contributed by atoms with Gasteiger partial charge in [0, 0.05) is 18.8 Å². The van der Waals surface area contributed by atoms with Crippen LogP contribution in [0.1, 0.15) is 46.0 Å². The molecule has 1 aromatic rings. The highest BCUT2D eigenvalue weighted by Gasteiger charge is 2.24. The van der Waals surface area contributed by atoms with E-state index in [9.17, 15) is 14.4 Å². The van der Waals surface area contributed by atoms with Crippen molar-refractivity contribution in [2.24, 2.45) is 0 Å². The Balaban J connectivity index is 2.93. The average Bonchev–Trinajstić information content (AvgIpc) is 2.62. The summed E-state index contributed by atoms with van der Waals surface area (Å²) in [6, 6.07) is -0.00431. The highest BCUT2D eigenvalue weighted by Crippen LogP contribution is 2.19. The van der Waals surface area contributed by atoms with Gasteiger partial charge in [-0.1, -0.05) is 0 Å². The van der Waals surface area contributed by atoms with Gasteiger partial charge in [0.1, 0.15) is 5.69 Å². The molecule has 0 unspecified atom stereocenters. The van der Waals surface area contributed by atoms with Gasteiger partial charge in [-0.05, 0) is 33.3 Å². The van der Waals surface area contributed by atoms with E-state index in [0.29, 0.717) is 16.8 Å². The molecule has 3 N–H and O–H groups in total. The molecular weight excluding hydrogens is 274 g/mol. The van der Waals surface area contributed by atoms with Gasteiger partial charge in [-0.2, -0.15) is 0 Å². The van der Waals surface area contributed by atoms with Gasteiger partial charge in [0.25, 0.3) is 5.91 Å². The summed E-state index contributed by atoms with van der Waals surface area (Å²) < 4.78 is 0. The second-order valence-corrected chi connectivity index (χ2v) is 5.31. The number of rotatable bonds is 5. The van der Waals surface area contributed by atoms with Crippen LogP contribution in [-0.4, -0.2) is 52.4 Å². The van der Waals surface area contributed by atoms with Crippen LogP contribution < -0.4 is 5.32 Å². The van der Waals surface area contributed by atoms with Crippen molar-refractivity contribution in [2.75, 3.05) is 13.6 Å². The molecule has 0 fully saturated rings. The van der Waals surface area contributed by atoms with Gasteiger partial charge in [0.05, 0.1) is 12.1 Å². The summed E-state index contributed by atoms with van der Waals surface area (Å²) in [5, 5.41) is 11.7. The maximum Gasteiger partial charge on any atom is 0.352 e. The number of nitrogens with one attached hydrogen (secondary N) is 2. The fourth-order valence-electron chi connectivity index (χ4n) is 2.13. The Kier molecular flexibility index (Phi) is 5.12. The van der Waals surface area contributed by atoms with Crippen LogP contribution in [0.4, 0.5) is 0 Å². The topological polar surface area (TPSA) is 102 Å². The molecule has 0 saturated carbocycles. The monoisotopic (exact) mass is 295 g/mol. The first-order valence-electron chi connectivity index (χ1n) is 6.62. The van der Waals surface area contributed by atoms with E-state index >= 15 is 0 Å². The van der Waals surface area contributed by atoms with E-state index in [4.69, 9.17) is 5.11 Å². The molecule has 116 valence electrons. The number of hydrogen-bond acceptors (Lipinski definition) is 3. The number of carboxylic acid groups (broad SMARTS) is 1. The minimum absolute atomic E-state index is 0.00381. The number of carboxylic acids is 1. The zero-order valence-electron chi connectivity index (χ0n) is 12.9. The van der Waals surface area contributed by atoms with Crippen molar-refractivity contribution >= 4 is 17.8 Å². The number of carbonyl (C=O) groups excluding carboxylic acids is 2. The molecule has 0 saturated heterocycles. The Morgan fingerprint density at radius 3 is 2.29 bits per heavy atom. The summed E-state index contributed by atoms with van der Waals surface area (Å²) >= 11 is 0. The lowest BCUT2D eigenvalue weighted by molar-refractivity contribution is -0.122. The minimum Gasteiger partial charge on any atom is -0.477 e. The van der Waals surface area contributed by atoms with Crippen molar-refractivity contribution in [2.45, 2.75) is 33.7 Å². The zero-order chi connectivity index (χ0) is 16.3. The molecule has 7 nitrogen and oxygen atoms in total. The second-order valence-electron chi connectivity index (χ2n) is 5.31. The number of aromatic carboxylic acids is 1. The Bertz CT molecular complexity index is 575. The first-order chi connectivity index (χ1) is 9.65. The highest BCUT2D eigenvalue weighted by atomic mass is 16.4. The fourth-order valence-corrected chi connectivity index (χ4v) is 2.13. The van der Waals surface area contributed by atoms with E-state index in [-0.39, 0.29) is 30.1 Å². The van der Waals surface area contributed by atoms with Gasteiger partial charge >= 0.3 is 5.97 Å². The van der Waals surface area contributed by atoms with E-state index in [2.05, 4.69) is 10.3 Å². The summed E-state index contributed by atoms with van der Waals surface area (Å²) in [6.45, 7) is 6.79. The molecule has 1 rings (SSSR count). The molecule has 0 radical (unpaired) electrons. The summed E-state index contributed by atoms with van der Waals surface area (Å²) in [6.07, 6.45) is 0. The molecule has 0 aliphatic carbocycles. The molecule has 2 amide bonds. The van der Waals surface area contributed by atoms with Crippen molar-refractivity contribution in [1.82, 2.24) is 15.2 Å². The fraction of sp³-hybridized carbons (Fsp3) is 0.500. The van der Waals surface area contributed by atoms with Crippen LogP contribution in [0.15, 0.2) is 0 Å². The maximum atomic E-state index is 12.4. The van der Waals surface area contributed by atoms with Crippen LogP contribution in [0.2, 0.25) is 0 Å². The molecule has 1 heterocycles. The molecule has 21 heavy (non-hydrogen) atoms. The largest absolute Gasteiger partial charge is 0.477 e. The van der Waals surface area contributed by atoms with Gasteiger partial charge in [0.2, 0.25) is 5.91 Å². The molecule has 0 atom stereocenters. The molecule has 7 heteroatoms. The summed E-state index contributed by atoms with van der Waals surface area (Å²) in [7, 11) is 1.51. The van der Waals surface area contributed by atoms with Crippen molar-refractivity contribution in [3.05, 3.63) is 22.5 Å². The van der Waals surface area contributed by atoms with Crippen LogP contribution in [0, 0.1) is 13.8 Å². The third kappa shape index (κ3) is 3.84. The van der Waals surface area contributed by atoms with E-state index in [1.165, 1.54) is 11.9 Å². The third-order valence-corrected chi connectivity index (χ3v) is 3.04. The normalized spacial score (nSPS) is 10.6. The maximum absolute atomic E-state index is 12.4. The standard InChI is InChI=1S/C14H21N3O4/c1-7(2)15-10(18)6-17(5)13(19)11-8(3)12(14(20)21)16-9(11)4/h7,16H,6H2,1-5H3,(H,15,18)(H,20,21). The van der Waals surface area contributed by atoms with Crippen LogP contribution in [-0.2, 0) is 4.79 Å². The minimum atomic E-state index is -1.12. The van der Waals surface area contributed by atoms with E-state index in [1.807, 2.05) is 13.8 Å². The number of carbonyl (C=O) groups is 3. The molecule has 0 aliphatic heterocycles. The van der Waals surface area contributed by atoms with Crippen LogP contribution in [0.25, 0.3) is 0 Å². The van der Waals surface area contributed by atoms with Crippen molar-refractivity contribution in [1.29, 1.82) is 0 Å². The smallest absolute Gasteiger partial charge is 0.352 e. The molecule has 1 aromatic heterocycles. The van der Waals surface area contributed by atoms with E-state index < -0.39 is 5.97 Å². The SMILES string of the molecule is Cc1[nH]c(C(=O)O)c(C)c1C(=O)N(C)CC(=O)NC(C)C. The molecular formula is C14H21N3O4. The lowest BCUT2D eigenvalue weighted by Gasteiger charge is -2.18. The van der Waals surface area contributed by atoms with Crippen LogP contribution in [0.5, 0.6) is 0 Å². The van der Waals surface area contributed by atoms with Gasteiger partial charge in [-0.3, -0.25) is 9.59 Å². The zero-order valence-corrected chi connectivity index (χ0v) is 12.9. The third-order valence-electron chi connectivity index (χ3n) is 3.04. The molecule has 0 spiro atoms. The Morgan fingerprint density at radius 1 is 1.29 bits per heavy atom. The van der Waals surface area contributed by atoms with Crippen molar-refractivity contribution in [3.63, 3.8) is 0 Å². The lowest BCUT2D eigenvalue weighted by Crippen LogP contribution is -2.41. The number of aryl methyl sites for hydroxylation is 1. The second kappa shape index (κ2) is 6.43. The number of aromatic nitrogens is 1. The van der Waals surface area contributed by atoms with Crippen LogP contribution >= 0.6 is 0 Å². The number of likely N-dealkylation sites (N-methyl/N-ethyl adjacent to an activating group) is 1. The number of aromatic amines is 1. The van der Waals surface area contributed by atoms with Crippen LogP contribution in [0.3, 0.4) is 0 Å². The number of H-pyrrole nitrogens is 1. The summed E-state index contributed by atoms with van der Waals surface area (Å²) in [4.78, 5) is 39.1. The predicted octanol–water partition coefficient (Wildman–Crippen LogP) is 0.926.